The van der Waals surface area contributed by atoms with Crippen molar-refractivity contribution in [1.29, 1.82) is 0 Å². The molecule has 0 bridgehead atoms. The van der Waals surface area contributed by atoms with E-state index in [9.17, 15) is 0 Å². The maximum atomic E-state index is 5.32. The summed E-state index contributed by atoms with van der Waals surface area (Å²) in [6.45, 7) is 2.01. The van der Waals surface area contributed by atoms with Gasteiger partial charge in [-0.3, -0.25) is 0 Å². The molecule has 5 heteroatoms. The Kier molecular flexibility index (Phi) is 4.27. The third-order valence-electron chi connectivity index (χ3n) is 2.72. The second-order valence-corrected chi connectivity index (χ2v) is 4.86. The Morgan fingerprint density at radius 2 is 1.95 bits per heavy atom. The zero-order valence-electron chi connectivity index (χ0n) is 11.0. The number of ether oxygens (including phenoxy) is 2. The first-order valence-corrected chi connectivity index (χ1v) is 6.54. The van der Waals surface area contributed by atoms with E-state index in [1.165, 1.54) is 0 Å². The van der Waals surface area contributed by atoms with Crippen molar-refractivity contribution in [2.24, 2.45) is 0 Å². The van der Waals surface area contributed by atoms with Gasteiger partial charge in [0.05, 0.1) is 19.9 Å². The molecule has 0 atom stereocenters. The molecule has 4 nitrogen and oxygen atoms in total. The van der Waals surface area contributed by atoms with Gasteiger partial charge in [-0.15, -0.1) is 0 Å². The van der Waals surface area contributed by atoms with Gasteiger partial charge >= 0.3 is 0 Å². The quantitative estimate of drug-likeness (QED) is 0.926. The number of hydrogen-bond acceptors (Lipinski definition) is 4. The fourth-order valence-corrected chi connectivity index (χ4v) is 1.87. The minimum absolute atomic E-state index is 0.739. The van der Waals surface area contributed by atoms with Crippen molar-refractivity contribution >= 4 is 27.4 Å². The second kappa shape index (κ2) is 5.93. The molecule has 19 heavy (non-hydrogen) atoms. The SMILES string of the molecule is COc1ccc(OC)c(Nc2cc(C)c(Br)cn2)c1. The summed E-state index contributed by atoms with van der Waals surface area (Å²) in [5, 5.41) is 3.23. The summed E-state index contributed by atoms with van der Waals surface area (Å²) < 4.78 is 11.5. The van der Waals surface area contributed by atoms with E-state index in [0.717, 1.165) is 33.0 Å². The number of anilines is 2. The van der Waals surface area contributed by atoms with Crippen molar-refractivity contribution in [2.45, 2.75) is 6.92 Å². The highest BCUT2D eigenvalue weighted by Crippen LogP contribution is 2.31. The van der Waals surface area contributed by atoms with Gasteiger partial charge in [0.2, 0.25) is 0 Å². The maximum absolute atomic E-state index is 5.32. The lowest BCUT2D eigenvalue weighted by molar-refractivity contribution is 0.405. The van der Waals surface area contributed by atoms with Crippen LogP contribution in [0.4, 0.5) is 11.5 Å². The number of rotatable bonds is 4. The van der Waals surface area contributed by atoms with Crippen molar-refractivity contribution in [2.75, 3.05) is 19.5 Å². The van der Waals surface area contributed by atoms with Gasteiger partial charge in [-0.25, -0.2) is 4.98 Å². The van der Waals surface area contributed by atoms with E-state index in [0.29, 0.717) is 0 Å². The molecule has 0 aliphatic rings. The van der Waals surface area contributed by atoms with Crippen LogP contribution in [0.2, 0.25) is 0 Å². The van der Waals surface area contributed by atoms with Crippen LogP contribution in [-0.4, -0.2) is 19.2 Å². The first-order chi connectivity index (χ1) is 9.13. The molecule has 0 radical (unpaired) electrons. The van der Waals surface area contributed by atoms with E-state index in [1.54, 1.807) is 20.4 Å². The average Bonchev–Trinajstić information content (AvgIpc) is 2.43. The van der Waals surface area contributed by atoms with Gasteiger partial charge in [-0.2, -0.15) is 0 Å². The van der Waals surface area contributed by atoms with E-state index in [1.807, 2.05) is 31.2 Å². The smallest absolute Gasteiger partial charge is 0.142 e. The highest BCUT2D eigenvalue weighted by atomic mass is 79.9. The molecule has 0 saturated heterocycles. The van der Waals surface area contributed by atoms with Gasteiger partial charge in [-0.1, -0.05) is 0 Å². The Morgan fingerprint density at radius 1 is 1.16 bits per heavy atom. The number of pyridine rings is 1. The molecule has 1 N–H and O–H groups in total. The summed E-state index contributed by atoms with van der Waals surface area (Å²) >= 11 is 3.43. The lowest BCUT2D eigenvalue weighted by Crippen LogP contribution is -1.98. The molecular weight excluding hydrogens is 308 g/mol. The summed E-state index contributed by atoms with van der Waals surface area (Å²) in [6, 6.07) is 7.54. The highest BCUT2D eigenvalue weighted by Gasteiger charge is 2.07. The Bertz CT molecular complexity index is 588. The van der Waals surface area contributed by atoms with Crippen molar-refractivity contribution < 1.29 is 9.47 Å². The molecule has 0 aliphatic heterocycles. The fraction of sp³-hybridized carbons (Fsp3) is 0.214. The fourth-order valence-electron chi connectivity index (χ4n) is 1.66. The number of hydrogen-bond donors (Lipinski definition) is 1. The zero-order chi connectivity index (χ0) is 13.8. The van der Waals surface area contributed by atoms with Crippen LogP contribution in [0, 0.1) is 6.92 Å². The standard InChI is InChI=1S/C14H15BrN2O2/c1-9-6-14(16-8-11(9)15)17-12-7-10(18-2)4-5-13(12)19-3/h4-8H,1-3H3,(H,16,17). The van der Waals surface area contributed by atoms with Gasteiger partial charge in [0, 0.05) is 16.7 Å². The molecule has 0 amide bonds. The molecule has 1 heterocycles. The number of methoxy groups -OCH3 is 2. The molecule has 0 unspecified atom stereocenters. The van der Waals surface area contributed by atoms with E-state index < -0.39 is 0 Å². The predicted octanol–water partition coefficient (Wildman–Crippen LogP) is 3.91. The zero-order valence-corrected chi connectivity index (χ0v) is 12.6. The van der Waals surface area contributed by atoms with E-state index in [2.05, 4.69) is 26.2 Å². The van der Waals surface area contributed by atoms with Crippen LogP contribution < -0.4 is 14.8 Å². The monoisotopic (exact) mass is 322 g/mol. The van der Waals surface area contributed by atoms with Gasteiger partial charge in [0.1, 0.15) is 17.3 Å². The van der Waals surface area contributed by atoms with Crippen LogP contribution in [0.25, 0.3) is 0 Å². The molecule has 100 valence electrons. The van der Waals surface area contributed by atoms with Crippen molar-refractivity contribution in [3.05, 3.63) is 40.5 Å². The third-order valence-corrected chi connectivity index (χ3v) is 3.55. The molecule has 0 saturated carbocycles. The second-order valence-electron chi connectivity index (χ2n) is 4.01. The molecule has 0 aliphatic carbocycles. The topological polar surface area (TPSA) is 43.4 Å². The molecule has 2 aromatic rings. The summed E-state index contributed by atoms with van der Waals surface area (Å²) in [5.41, 5.74) is 1.93. The predicted molar refractivity (Wildman–Crippen MR) is 79.5 cm³/mol. The van der Waals surface area contributed by atoms with E-state index in [-0.39, 0.29) is 0 Å². The molecule has 2 rings (SSSR count). The van der Waals surface area contributed by atoms with Crippen LogP contribution in [0.3, 0.4) is 0 Å². The summed E-state index contributed by atoms with van der Waals surface area (Å²) in [7, 11) is 3.26. The number of benzene rings is 1. The first-order valence-electron chi connectivity index (χ1n) is 5.75. The largest absolute Gasteiger partial charge is 0.497 e. The third kappa shape index (κ3) is 3.17. The van der Waals surface area contributed by atoms with E-state index in [4.69, 9.17) is 9.47 Å². The van der Waals surface area contributed by atoms with Crippen LogP contribution in [0.5, 0.6) is 11.5 Å². The van der Waals surface area contributed by atoms with Crippen LogP contribution in [-0.2, 0) is 0 Å². The Labute approximate surface area is 120 Å². The van der Waals surface area contributed by atoms with Crippen LogP contribution in [0.15, 0.2) is 34.9 Å². The summed E-state index contributed by atoms with van der Waals surface area (Å²) in [6.07, 6.45) is 1.77. The number of nitrogens with one attached hydrogen (secondary N) is 1. The normalized spacial score (nSPS) is 10.1. The Balaban J connectivity index is 2.33. The number of aryl methyl sites for hydroxylation is 1. The highest BCUT2D eigenvalue weighted by molar-refractivity contribution is 9.10. The van der Waals surface area contributed by atoms with Crippen molar-refractivity contribution in [3.63, 3.8) is 0 Å². The first kappa shape index (κ1) is 13.7. The lowest BCUT2D eigenvalue weighted by Gasteiger charge is -2.12. The van der Waals surface area contributed by atoms with Gasteiger partial charge in [0.25, 0.3) is 0 Å². The Morgan fingerprint density at radius 3 is 2.58 bits per heavy atom. The number of aromatic nitrogens is 1. The average molecular weight is 323 g/mol. The van der Waals surface area contributed by atoms with E-state index >= 15 is 0 Å². The molecule has 0 fully saturated rings. The number of halogens is 1. The molecular formula is C14H15BrN2O2. The van der Waals surface area contributed by atoms with Crippen LogP contribution in [0.1, 0.15) is 5.56 Å². The summed E-state index contributed by atoms with van der Waals surface area (Å²) in [5.74, 6) is 2.26. The van der Waals surface area contributed by atoms with Crippen molar-refractivity contribution in [1.82, 2.24) is 4.98 Å². The lowest BCUT2D eigenvalue weighted by atomic mass is 10.2. The minimum Gasteiger partial charge on any atom is -0.497 e. The van der Waals surface area contributed by atoms with Gasteiger partial charge in [-0.05, 0) is 46.6 Å². The summed E-state index contributed by atoms with van der Waals surface area (Å²) in [4.78, 5) is 4.31. The van der Waals surface area contributed by atoms with Gasteiger partial charge in [0.15, 0.2) is 0 Å². The molecule has 1 aromatic heterocycles. The molecule has 1 aromatic carbocycles. The maximum Gasteiger partial charge on any atom is 0.142 e. The van der Waals surface area contributed by atoms with Gasteiger partial charge < -0.3 is 14.8 Å². The number of nitrogens with zero attached hydrogens (tertiary/aromatic N) is 1. The van der Waals surface area contributed by atoms with Crippen LogP contribution >= 0.6 is 15.9 Å². The molecule has 0 spiro atoms. The Hall–Kier alpha value is -1.75. The minimum atomic E-state index is 0.739. The van der Waals surface area contributed by atoms with Crippen molar-refractivity contribution in [3.8, 4) is 11.5 Å².